The number of hydrogen-bond donors (Lipinski definition) is 1. The van der Waals surface area contributed by atoms with Gasteiger partial charge in [-0.25, -0.2) is 4.98 Å². The molecule has 4 heteroatoms. The topological polar surface area (TPSA) is 51.2 Å². The zero-order valence-electron chi connectivity index (χ0n) is 12.7. The number of amides is 1. The minimum atomic E-state index is -0.207. The summed E-state index contributed by atoms with van der Waals surface area (Å²) in [6.07, 6.45) is 5.01. The van der Waals surface area contributed by atoms with E-state index in [-0.39, 0.29) is 5.91 Å². The quantitative estimate of drug-likeness (QED) is 0.929. The minimum Gasteiger partial charge on any atom is -0.490 e. The second kappa shape index (κ2) is 6.60. The highest BCUT2D eigenvalue weighted by Gasteiger charge is 2.16. The van der Waals surface area contributed by atoms with Gasteiger partial charge in [-0.15, -0.1) is 0 Å². The predicted molar refractivity (Wildman–Crippen MR) is 86.3 cm³/mol. The molecule has 1 aromatic heterocycles. The van der Waals surface area contributed by atoms with Crippen LogP contribution in [0.4, 0.5) is 5.69 Å². The van der Waals surface area contributed by atoms with Gasteiger partial charge in [0.25, 0.3) is 5.91 Å². The van der Waals surface area contributed by atoms with Crippen LogP contribution in [0.3, 0.4) is 0 Å². The third-order valence-corrected chi connectivity index (χ3v) is 3.82. The molecule has 0 atom stereocenters. The first-order valence-corrected chi connectivity index (χ1v) is 7.72. The zero-order chi connectivity index (χ0) is 15.4. The summed E-state index contributed by atoms with van der Waals surface area (Å²) < 4.78 is 5.96. The largest absolute Gasteiger partial charge is 0.490 e. The summed E-state index contributed by atoms with van der Waals surface area (Å²) >= 11 is 0. The Hall–Kier alpha value is -2.36. The van der Waals surface area contributed by atoms with Crippen LogP contribution in [-0.2, 0) is 0 Å². The third kappa shape index (κ3) is 3.64. The highest BCUT2D eigenvalue weighted by molar-refractivity contribution is 6.02. The number of ether oxygens (including phenoxy) is 1. The monoisotopic (exact) mass is 296 g/mol. The second-order valence-corrected chi connectivity index (χ2v) is 5.67. The van der Waals surface area contributed by atoms with Gasteiger partial charge in [-0.05, 0) is 56.9 Å². The number of carbonyl (C=O) groups is 1. The molecule has 1 aromatic carbocycles. The van der Waals surface area contributed by atoms with Crippen molar-refractivity contribution in [2.45, 2.75) is 38.7 Å². The first kappa shape index (κ1) is 14.6. The molecule has 0 radical (unpaired) electrons. The van der Waals surface area contributed by atoms with Crippen molar-refractivity contribution in [3.63, 3.8) is 0 Å². The van der Waals surface area contributed by atoms with Gasteiger partial charge in [0.15, 0.2) is 0 Å². The summed E-state index contributed by atoms with van der Waals surface area (Å²) in [7, 11) is 0. The Bertz CT molecular complexity index is 664. The first-order chi connectivity index (χ1) is 10.7. The highest BCUT2D eigenvalue weighted by atomic mass is 16.5. The summed E-state index contributed by atoms with van der Waals surface area (Å²) in [6.45, 7) is 1.87. The fourth-order valence-electron chi connectivity index (χ4n) is 2.71. The molecule has 3 rings (SSSR count). The molecule has 1 fully saturated rings. The van der Waals surface area contributed by atoms with E-state index in [1.54, 1.807) is 6.07 Å². The highest BCUT2D eigenvalue weighted by Crippen LogP contribution is 2.25. The van der Waals surface area contributed by atoms with E-state index < -0.39 is 0 Å². The number of nitrogens with one attached hydrogen (secondary N) is 1. The lowest BCUT2D eigenvalue weighted by Gasteiger charge is -2.14. The second-order valence-electron chi connectivity index (χ2n) is 5.67. The molecule has 1 amide bonds. The molecule has 22 heavy (non-hydrogen) atoms. The standard InChI is InChI=1S/C18H20N2O2/c1-13-6-4-11-17(19-13)18(21)20-14-7-5-10-16(12-14)22-15-8-2-3-9-15/h4-7,10-12,15H,2-3,8-9H2,1H3,(H,20,21). The van der Waals surface area contributed by atoms with Crippen molar-refractivity contribution in [3.8, 4) is 5.75 Å². The van der Waals surface area contributed by atoms with Crippen LogP contribution in [-0.4, -0.2) is 17.0 Å². The number of carbonyl (C=O) groups excluding carboxylic acids is 1. The number of anilines is 1. The molecular weight excluding hydrogens is 276 g/mol. The zero-order valence-corrected chi connectivity index (χ0v) is 12.7. The molecular formula is C18H20N2O2. The average Bonchev–Trinajstić information content (AvgIpc) is 3.00. The van der Waals surface area contributed by atoms with E-state index in [9.17, 15) is 4.79 Å². The SMILES string of the molecule is Cc1cccc(C(=O)Nc2cccc(OC3CCCC3)c2)n1. The smallest absolute Gasteiger partial charge is 0.274 e. The minimum absolute atomic E-state index is 0.207. The van der Waals surface area contributed by atoms with Crippen LogP contribution >= 0.6 is 0 Å². The molecule has 0 saturated heterocycles. The summed E-state index contributed by atoms with van der Waals surface area (Å²) in [6, 6.07) is 13.0. The maximum atomic E-state index is 12.2. The molecule has 0 aliphatic heterocycles. The molecule has 1 N–H and O–H groups in total. The number of rotatable bonds is 4. The van der Waals surface area contributed by atoms with Gasteiger partial charge in [0.05, 0.1) is 6.10 Å². The molecule has 4 nitrogen and oxygen atoms in total. The number of aromatic nitrogens is 1. The maximum Gasteiger partial charge on any atom is 0.274 e. The summed E-state index contributed by atoms with van der Waals surface area (Å²) in [5.74, 6) is 0.601. The van der Waals surface area contributed by atoms with E-state index in [0.717, 1.165) is 30.0 Å². The van der Waals surface area contributed by atoms with Gasteiger partial charge < -0.3 is 10.1 Å². The molecule has 0 bridgehead atoms. The molecule has 1 saturated carbocycles. The summed E-state index contributed by atoms with van der Waals surface area (Å²) in [5, 5.41) is 2.87. The van der Waals surface area contributed by atoms with E-state index >= 15 is 0 Å². The van der Waals surface area contributed by atoms with Crippen LogP contribution < -0.4 is 10.1 Å². The van der Waals surface area contributed by atoms with Crippen LogP contribution in [0.15, 0.2) is 42.5 Å². The van der Waals surface area contributed by atoms with Gasteiger partial charge in [-0.1, -0.05) is 12.1 Å². The molecule has 0 spiro atoms. The molecule has 1 aliphatic rings. The lowest BCUT2D eigenvalue weighted by molar-refractivity contribution is 0.102. The fraction of sp³-hybridized carbons (Fsp3) is 0.333. The number of pyridine rings is 1. The van der Waals surface area contributed by atoms with Gasteiger partial charge in [-0.2, -0.15) is 0 Å². The Kier molecular flexibility index (Phi) is 4.37. The lowest BCUT2D eigenvalue weighted by atomic mass is 10.2. The maximum absolute atomic E-state index is 12.2. The predicted octanol–water partition coefficient (Wildman–Crippen LogP) is 3.96. The van der Waals surface area contributed by atoms with Crippen LogP contribution in [0.1, 0.15) is 41.9 Å². The molecule has 1 heterocycles. The van der Waals surface area contributed by atoms with E-state index in [2.05, 4.69) is 10.3 Å². The van der Waals surface area contributed by atoms with Crippen LogP contribution in [0.5, 0.6) is 5.75 Å². The van der Waals surface area contributed by atoms with Crippen molar-refractivity contribution < 1.29 is 9.53 Å². The van der Waals surface area contributed by atoms with Gasteiger partial charge >= 0.3 is 0 Å². The summed E-state index contributed by atoms with van der Waals surface area (Å²) in [5.41, 5.74) is 1.97. The Labute approximate surface area is 130 Å². The van der Waals surface area contributed by atoms with E-state index in [1.165, 1.54) is 12.8 Å². The Balaban J connectivity index is 1.68. The Morgan fingerprint density at radius 3 is 2.73 bits per heavy atom. The van der Waals surface area contributed by atoms with Crippen molar-refractivity contribution in [1.29, 1.82) is 0 Å². The number of aryl methyl sites for hydroxylation is 1. The molecule has 0 unspecified atom stereocenters. The Morgan fingerprint density at radius 2 is 1.95 bits per heavy atom. The molecule has 114 valence electrons. The number of benzene rings is 1. The molecule has 2 aromatic rings. The number of nitrogens with zero attached hydrogens (tertiary/aromatic N) is 1. The van der Waals surface area contributed by atoms with Crippen LogP contribution in [0.2, 0.25) is 0 Å². The van der Waals surface area contributed by atoms with Gasteiger partial charge in [-0.3, -0.25) is 4.79 Å². The summed E-state index contributed by atoms with van der Waals surface area (Å²) in [4.78, 5) is 16.4. The van der Waals surface area contributed by atoms with E-state index in [1.807, 2.05) is 43.3 Å². The van der Waals surface area contributed by atoms with Crippen LogP contribution in [0, 0.1) is 6.92 Å². The van der Waals surface area contributed by atoms with Gasteiger partial charge in [0.1, 0.15) is 11.4 Å². The lowest BCUT2D eigenvalue weighted by Crippen LogP contribution is -2.14. The van der Waals surface area contributed by atoms with Gasteiger partial charge in [0.2, 0.25) is 0 Å². The molecule has 1 aliphatic carbocycles. The van der Waals surface area contributed by atoms with Gasteiger partial charge in [0, 0.05) is 17.4 Å². The fourth-order valence-corrected chi connectivity index (χ4v) is 2.71. The van der Waals surface area contributed by atoms with Crippen molar-refractivity contribution in [3.05, 3.63) is 53.9 Å². The van der Waals surface area contributed by atoms with E-state index in [4.69, 9.17) is 4.74 Å². The van der Waals surface area contributed by atoms with Crippen molar-refractivity contribution in [1.82, 2.24) is 4.98 Å². The average molecular weight is 296 g/mol. The van der Waals surface area contributed by atoms with E-state index in [0.29, 0.717) is 11.8 Å². The normalized spacial score (nSPS) is 14.8. The van der Waals surface area contributed by atoms with Crippen molar-refractivity contribution in [2.24, 2.45) is 0 Å². The Morgan fingerprint density at radius 1 is 1.18 bits per heavy atom. The number of hydrogen-bond acceptors (Lipinski definition) is 3. The third-order valence-electron chi connectivity index (χ3n) is 3.82. The van der Waals surface area contributed by atoms with Crippen molar-refractivity contribution >= 4 is 11.6 Å². The van der Waals surface area contributed by atoms with Crippen molar-refractivity contribution in [2.75, 3.05) is 5.32 Å². The van der Waals surface area contributed by atoms with Crippen LogP contribution in [0.25, 0.3) is 0 Å². The first-order valence-electron chi connectivity index (χ1n) is 7.72.